The SMILES string of the molecule is CSC(C)CCc1cc2nc(c1)CC(C)CCc1ccnc(c1)-c1ncccc1CCCC(C)C2. The summed E-state index contributed by atoms with van der Waals surface area (Å²) in [7, 11) is 0. The van der Waals surface area contributed by atoms with Crippen molar-refractivity contribution >= 4 is 11.8 Å². The van der Waals surface area contributed by atoms with Crippen LogP contribution in [0.1, 0.15) is 74.5 Å². The first kappa shape index (κ1) is 25.9. The molecule has 3 nitrogen and oxygen atoms in total. The van der Waals surface area contributed by atoms with Crippen molar-refractivity contribution in [3.05, 3.63) is 76.9 Å². The van der Waals surface area contributed by atoms with E-state index in [4.69, 9.17) is 15.0 Å². The van der Waals surface area contributed by atoms with Crippen molar-refractivity contribution in [3.63, 3.8) is 0 Å². The average Bonchev–Trinajstić information content (AvgIpc) is 2.86. The van der Waals surface area contributed by atoms with E-state index in [1.54, 1.807) is 0 Å². The van der Waals surface area contributed by atoms with E-state index in [-0.39, 0.29) is 0 Å². The fourth-order valence-corrected chi connectivity index (χ4v) is 5.52. The third-order valence-electron chi connectivity index (χ3n) is 7.38. The summed E-state index contributed by atoms with van der Waals surface area (Å²) in [6.07, 6.45) is 16.2. The Kier molecular flexibility index (Phi) is 9.37. The van der Waals surface area contributed by atoms with Crippen molar-refractivity contribution in [2.24, 2.45) is 11.8 Å². The average molecular weight is 488 g/mol. The molecule has 0 saturated heterocycles. The van der Waals surface area contributed by atoms with Crippen LogP contribution in [0.25, 0.3) is 11.4 Å². The number of hydrogen-bond acceptors (Lipinski definition) is 4. The van der Waals surface area contributed by atoms with Crippen LogP contribution in [0, 0.1) is 11.8 Å². The molecule has 3 unspecified atom stereocenters. The maximum atomic E-state index is 5.16. The molecule has 3 aromatic heterocycles. The number of aromatic nitrogens is 3. The van der Waals surface area contributed by atoms with Crippen LogP contribution in [0.5, 0.6) is 0 Å². The van der Waals surface area contributed by atoms with E-state index >= 15 is 0 Å². The summed E-state index contributed by atoms with van der Waals surface area (Å²) in [4.78, 5) is 14.6. The van der Waals surface area contributed by atoms with Gasteiger partial charge in [0.1, 0.15) is 0 Å². The number of rotatable bonds is 4. The van der Waals surface area contributed by atoms with Gasteiger partial charge in [-0.2, -0.15) is 11.8 Å². The fraction of sp³-hybridized carbons (Fsp3) is 0.516. The zero-order chi connectivity index (χ0) is 24.6. The van der Waals surface area contributed by atoms with Crippen molar-refractivity contribution in [3.8, 4) is 11.4 Å². The number of pyridine rings is 3. The summed E-state index contributed by atoms with van der Waals surface area (Å²) in [5, 5.41) is 0.699. The summed E-state index contributed by atoms with van der Waals surface area (Å²) < 4.78 is 0. The van der Waals surface area contributed by atoms with Gasteiger partial charge in [0.2, 0.25) is 0 Å². The molecule has 4 heterocycles. The van der Waals surface area contributed by atoms with E-state index in [9.17, 15) is 0 Å². The van der Waals surface area contributed by atoms with E-state index in [0.717, 1.165) is 56.3 Å². The van der Waals surface area contributed by atoms with E-state index in [1.165, 1.54) is 40.9 Å². The number of thioether (sulfide) groups is 1. The Balaban J connectivity index is 1.60. The Hall–Kier alpha value is -2.20. The van der Waals surface area contributed by atoms with Gasteiger partial charge in [-0.25, -0.2) is 0 Å². The van der Waals surface area contributed by atoms with Gasteiger partial charge in [-0.1, -0.05) is 33.3 Å². The molecule has 0 aliphatic carbocycles. The van der Waals surface area contributed by atoms with Crippen LogP contribution in [0.2, 0.25) is 0 Å². The van der Waals surface area contributed by atoms with Crippen LogP contribution in [0.4, 0.5) is 0 Å². The first-order chi connectivity index (χ1) is 17.0. The highest BCUT2D eigenvalue weighted by molar-refractivity contribution is 7.99. The van der Waals surface area contributed by atoms with Crippen molar-refractivity contribution in [1.82, 2.24) is 15.0 Å². The third-order valence-corrected chi connectivity index (χ3v) is 8.42. The molecule has 1 aliphatic rings. The van der Waals surface area contributed by atoms with Crippen LogP contribution in [-0.2, 0) is 32.1 Å². The van der Waals surface area contributed by atoms with Gasteiger partial charge >= 0.3 is 0 Å². The monoisotopic (exact) mass is 487 g/mol. The Morgan fingerprint density at radius 3 is 2.49 bits per heavy atom. The van der Waals surface area contributed by atoms with Crippen molar-refractivity contribution in [2.75, 3.05) is 6.26 Å². The summed E-state index contributed by atoms with van der Waals surface area (Å²) in [6.45, 7) is 7.10. The Bertz CT molecular complexity index is 1100. The second-order valence-corrected chi connectivity index (χ2v) is 11.9. The quantitative estimate of drug-likeness (QED) is 0.381. The molecule has 0 aromatic carbocycles. The molecule has 3 aromatic rings. The highest BCUT2D eigenvalue weighted by atomic mass is 32.2. The Morgan fingerprint density at radius 1 is 0.943 bits per heavy atom. The maximum Gasteiger partial charge on any atom is 0.0918 e. The van der Waals surface area contributed by atoms with E-state index in [2.05, 4.69) is 63.4 Å². The summed E-state index contributed by atoms with van der Waals surface area (Å²) in [6, 6.07) is 13.5. The number of aryl methyl sites for hydroxylation is 3. The van der Waals surface area contributed by atoms with Gasteiger partial charge in [-0.3, -0.25) is 15.0 Å². The molecule has 0 radical (unpaired) electrons. The molecule has 4 heteroatoms. The Labute approximate surface area is 216 Å². The van der Waals surface area contributed by atoms with Gasteiger partial charge in [0.25, 0.3) is 0 Å². The Morgan fingerprint density at radius 2 is 1.71 bits per heavy atom. The van der Waals surface area contributed by atoms with Gasteiger partial charge in [-0.15, -0.1) is 0 Å². The van der Waals surface area contributed by atoms with Crippen LogP contribution in [0.3, 0.4) is 0 Å². The minimum absolute atomic E-state index is 0.589. The van der Waals surface area contributed by atoms with Gasteiger partial charge in [0, 0.05) is 29.0 Å². The molecule has 0 fully saturated rings. The van der Waals surface area contributed by atoms with Crippen molar-refractivity contribution < 1.29 is 0 Å². The van der Waals surface area contributed by atoms with Gasteiger partial charge < -0.3 is 0 Å². The number of fused-ring (bicyclic) bond motifs is 6. The highest BCUT2D eigenvalue weighted by Gasteiger charge is 2.14. The molecule has 4 rings (SSSR count). The number of nitrogens with zero attached hydrogens (tertiary/aromatic N) is 3. The second kappa shape index (κ2) is 12.7. The topological polar surface area (TPSA) is 38.7 Å². The lowest BCUT2D eigenvalue weighted by Crippen LogP contribution is -2.09. The maximum absolute atomic E-state index is 5.16. The number of hydrogen-bond donors (Lipinski definition) is 0. The molecule has 35 heavy (non-hydrogen) atoms. The fourth-order valence-electron chi connectivity index (χ4n) is 5.16. The lowest BCUT2D eigenvalue weighted by atomic mass is 9.94. The minimum atomic E-state index is 0.589. The lowest BCUT2D eigenvalue weighted by molar-refractivity contribution is 0.497. The molecule has 0 N–H and O–H groups in total. The zero-order valence-electron chi connectivity index (χ0n) is 22.0. The highest BCUT2D eigenvalue weighted by Crippen LogP contribution is 2.25. The third kappa shape index (κ3) is 7.64. The predicted octanol–water partition coefficient (Wildman–Crippen LogP) is 7.55. The molecule has 4 bridgehead atoms. The zero-order valence-corrected chi connectivity index (χ0v) is 22.8. The molecular weight excluding hydrogens is 446 g/mol. The van der Waals surface area contributed by atoms with Gasteiger partial charge in [-0.05, 0) is 116 Å². The van der Waals surface area contributed by atoms with Crippen LogP contribution in [0.15, 0.2) is 48.8 Å². The molecule has 3 atom stereocenters. The van der Waals surface area contributed by atoms with Crippen molar-refractivity contribution in [2.45, 2.75) is 83.8 Å². The first-order valence-electron chi connectivity index (χ1n) is 13.4. The standard InChI is InChI=1S/C31H41N3S/c1-22-7-5-8-27-9-6-15-33-31(27)30-21-25(14-16-32-30)12-10-23(2)18-29-20-26(13-11-24(3)35-4)19-28(17-22)34-29/h6,9,14-16,19-24H,5,7-8,10-13,17-18H2,1-4H3. The van der Waals surface area contributed by atoms with Crippen molar-refractivity contribution in [1.29, 1.82) is 0 Å². The summed E-state index contributed by atoms with van der Waals surface area (Å²) in [5.74, 6) is 1.20. The summed E-state index contributed by atoms with van der Waals surface area (Å²) >= 11 is 1.96. The molecule has 186 valence electrons. The normalized spacial score (nSPS) is 20.0. The minimum Gasteiger partial charge on any atom is -0.258 e. The largest absolute Gasteiger partial charge is 0.258 e. The van der Waals surface area contributed by atoms with Crippen LogP contribution in [-0.4, -0.2) is 26.5 Å². The van der Waals surface area contributed by atoms with Crippen LogP contribution < -0.4 is 0 Å². The molecule has 1 aliphatic heterocycles. The lowest BCUT2D eigenvalue weighted by Gasteiger charge is -2.16. The van der Waals surface area contributed by atoms with E-state index in [0.29, 0.717) is 17.1 Å². The predicted molar refractivity (Wildman–Crippen MR) is 150 cm³/mol. The van der Waals surface area contributed by atoms with Gasteiger partial charge in [0.05, 0.1) is 11.4 Å². The summed E-state index contributed by atoms with van der Waals surface area (Å²) in [5.41, 5.74) is 8.78. The van der Waals surface area contributed by atoms with E-state index in [1.807, 2.05) is 24.2 Å². The molecule has 0 spiro atoms. The smallest absolute Gasteiger partial charge is 0.0918 e. The van der Waals surface area contributed by atoms with Gasteiger partial charge in [0.15, 0.2) is 0 Å². The second-order valence-electron chi connectivity index (χ2n) is 10.7. The molecule has 0 saturated carbocycles. The van der Waals surface area contributed by atoms with E-state index < -0.39 is 0 Å². The first-order valence-corrected chi connectivity index (χ1v) is 14.7. The van der Waals surface area contributed by atoms with Crippen LogP contribution >= 0.6 is 11.8 Å². The molecule has 0 amide bonds. The molecular formula is C31H41N3S.